The van der Waals surface area contributed by atoms with Gasteiger partial charge in [0.15, 0.2) is 0 Å². The summed E-state index contributed by atoms with van der Waals surface area (Å²) in [4.78, 5) is 13.3. The number of hydrogen-bond donors (Lipinski definition) is 1. The molecule has 0 saturated heterocycles. The maximum absolute atomic E-state index is 12.1. The standard InChI is InChI=1S/C15H19NO2S/c1-18-11-6-7-14-12(9-11)16-15(17)8-10-4-2-3-5-13(10)19-14/h6-7,9-10,13H,2-5,8H2,1H3,(H,16,17). The zero-order valence-corrected chi connectivity index (χ0v) is 12.0. The summed E-state index contributed by atoms with van der Waals surface area (Å²) in [7, 11) is 1.65. The molecule has 102 valence electrons. The van der Waals surface area contributed by atoms with E-state index in [4.69, 9.17) is 4.74 Å². The van der Waals surface area contributed by atoms with Crippen LogP contribution in [0.25, 0.3) is 0 Å². The first-order chi connectivity index (χ1) is 9.26. The normalized spacial score (nSPS) is 26.5. The van der Waals surface area contributed by atoms with Crippen molar-refractivity contribution in [2.75, 3.05) is 12.4 Å². The van der Waals surface area contributed by atoms with Crippen molar-refractivity contribution in [1.29, 1.82) is 0 Å². The molecule has 19 heavy (non-hydrogen) atoms. The number of hydrogen-bond acceptors (Lipinski definition) is 3. The highest BCUT2D eigenvalue weighted by Crippen LogP contribution is 2.43. The number of amides is 1. The second-order valence-electron chi connectivity index (χ2n) is 5.32. The number of thioether (sulfide) groups is 1. The fraction of sp³-hybridized carbons (Fsp3) is 0.533. The van der Waals surface area contributed by atoms with E-state index in [9.17, 15) is 4.79 Å². The van der Waals surface area contributed by atoms with Gasteiger partial charge >= 0.3 is 0 Å². The molecule has 1 fully saturated rings. The predicted molar refractivity (Wildman–Crippen MR) is 77.8 cm³/mol. The van der Waals surface area contributed by atoms with Crippen LogP contribution in [0.5, 0.6) is 5.75 Å². The molecule has 1 heterocycles. The van der Waals surface area contributed by atoms with Crippen molar-refractivity contribution in [3.63, 3.8) is 0 Å². The number of carbonyl (C=O) groups excluding carboxylic acids is 1. The maximum Gasteiger partial charge on any atom is 0.224 e. The summed E-state index contributed by atoms with van der Waals surface area (Å²) in [5.41, 5.74) is 0.901. The number of benzene rings is 1. The predicted octanol–water partition coefficient (Wildman–Crippen LogP) is 3.69. The quantitative estimate of drug-likeness (QED) is 0.851. The van der Waals surface area contributed by atoms with Gasteiger partial charge in [0.25, 0.3) is 0 Å². The van der Waals surface area contributed by atoms with E-state index in [0.29, 0.717) is 17.6 Å². The monoisotopic (exact) mass is 277 g/mol. The number of ether oxygens (including phenoxy) is 1. The molecule has 3 nitrogen and oxygen atoms in total. The van der Waals surface area contributed by atoms with Gasteiger partial charge in [-0.25, -0.2) is 0 Å². The lowest BCUT2D eigenvalue weighted by Crippen LogP contribution is -2.29. The summed E-state index contributed by atoms with van der Waals surface area (Å²) < 4.78 is 5.23. The van der Waals surface area contributed by atoms with E-state index in [1.54, 1.807) is 7.11 Å². The van der Waals surface area contributed by atoms with Gasteiger partial charge in [-0.3, -0.25) is 4.79 Å². The Hall–Kier alpha value is -1.16. The van der Waals surface area contributed by atoms with Crippen LogP contribution in [0, 0.1) is 5.92 Å². The minimum Gasteiger partial charge on any atom is -0.497 e. The number of rotatable bonds is 1. The Morgan fingerprint density at radius 1 is 1.32 bits per heavy atom. The topological polar surface area (TPSA) is 38.3 Å². The molecular weight excluding hydrogens is 258 g/mol. The molecule has 2 atom stereocenters. The third-order valence-electron chi connectivity index (χ3n) is 4.03. The van der Waals surface area contributed by atoms with Gasteiger partial charge in [-0.05, 0) is 30.9 Å². The summed E-state index contributed by atoms with van der Waals surface area (Å²) >= 11 is 1.93. The summed E-state index contributed by atoms with van der Waals surface area (Å²) in [6, 6.07) is 5.96. The molecule has 2 unspecified atom stereocenters. The Labute approximate surface area is 118 Å². The molecule has 1 saturated carbocycles. The highest BCUT2D eigenvalue weighted by Gasteiger charge is 2.30. The second-order valence-corrected chi connectivity index (χ2v) is 6.60. The highest BCUT2D eigenvalue weighted by atomic mass is 32.2. The van der Waals surface area contributed by atoms with Gasteiger partial charge in [0.05, 0.1) is 12.8 Å². The second kappa shape index (κ2) is 5.45. The Balaban J connectivity index is 1.92. The highest BCUT2D eigenvalue weighted by molar-refractivity contribution is 8.00. The molecule has 0 spiro atoms. The van der Waals surface area contributed by atoms with Crippen LogP contribution in [0.2, 0.25) is 0 Å². The van der Waals surface area contributed by atoms with Gasteiger partial charge in [-0.15, -0.1) is 11.8 Å². The van der Waals surface area contributed by atoms with E-state index in [-0.39, 0.29) is 5.91 Å². The average Bonchev–Trinajstić information content (AvgIpc) is 2.40. The fourth-order valence-corrected chi connectivity index (χ4v) is 4.42. The van der Waals surface area contributed by atoms with Crippen molar-refractivity contribution in [2.24, 2.45) is 5.92 Å². The van der Waals surface area contributed by atoms with Crippen LogP contribution in [-0.4, -0.2) is 18.3 Å². The maximum atomic E-state index is 12.1. The Bertz CT molecular complexity index is 489. The van der Waals surface area contributed by atoms with E-state index >= 15 is 0 Å². The van der Waals surface area contributed by atoms with Crippen LogP contribution in [0.1, 0.15) is 32.1 Å². The van der Waals surface area contributed by atoms with E-state index < -0.39 is 0 Å². The summed E-state index contributed by atoms with van der Waals surface area (Å²) in [6.07, 6.45) is 5.64. The Morgan fingerprint density at radius 3 is 3.00 bits per heavy atom. The van der Waals surface area contributed by atoms with Crippen LogP contribution >= 0.6 is 11.8 Å². The molecule has 1 aromatic carbocycles. The van der Waals surface area contributed by atoms with Crippen LogP contribution < -0.4 is 10.1 Å². The third-order valence-corrected chi connectivity index (χ3v) is 5.56. The van der Waals surface area contributed by atoms with Crippen LogP contribution in [0.4, 0.5) is 5.69 Å². The first-order valence-corrected chi connectivity index (χ1v) is 7.79. The molecule has 1 aromatic rings. The van der Waals surface area contributed by atoms with Gasteiger partial charge in [0, 0.05) is 22.6 Å². The zero-order chi connectivity index (χ0) is 13.2. The molecule has 0 bridgehead atoms. The first-order valence-electron chi connectivity index (χ1n) is 6.91. The molecule has 3 rings (SSSR count). The number of anilines is 1. The third kappa shape index (κ3) is 2.73. The number of methoxy groups -OCH3 is 1. The molecule has 1 N–H and O–H groups in total. The fourth-order valence-electron chi connectivity index (χ4n) is 3.00. The van der Waals surface area contributed by atoms with Crippen molar-refractivity contribution in [3.05, 3.63) is 18.2 Å². The first kappa shape index (κ1) is 12.9. The molecule has 2 aliphatic rings. The molecule has 4 heteroatoms. The van der Waals surface area contributed by atoms with Gasteiger partial charge < -0.3 is 10.1 Å². The van der Waals surface area contributed by atoms with E-state index in [0.717, 1.165) is 11.4 Å². The van der Waals surface area contributed by atoms with Gasteiger partial charge in [-0.2, -0.15) is 0 Å². The van der Waals surface area contributed by atoms with Crippen LogP contribution in [0.3, 0.4) is 0 Å². The van der Waals surface area contributed by atoms with Crippen molar-refractivity contribution >= 4 is 23.4 Å². The lowest BCUT2D eigenvalue weighted by Gasteiger charge is -2.33. The van der Waals surface area contributed by atoms with Crippen molar-refractivity contribution in [1.82, 2.24) is 0 Å². The molecule has 0 aromatic heterocycles. The smallest absolute Gasteiger partial charge is 0.224 e. The van der Waals surface area contributed by atoms with Crippen LogP contribution in [0.15, 0.2) is 23.1 Å². The molecule has 1 aliphatic heterocycles. The SMILES string of the molecule is COc1ccc2c(c1)NC(=O)CC1CCCCC1S2. The summed E-state index contributed by atoms with van der Waals surface area (Å²) in [5.74, 6) is 1.47. The molecule has 1 amide bonds. The number of nitrogens with one attached hydrogen (secondary N) is 1. The van der Waals surface area contributed by atoms with E-state index in [1.165, 1.54) is 30.6 Å². The summed E-state index contributed by atoms with van der Waals surface area (Å²) in [6.45, 7) is 0. The minimum absolute atomic E-state index is 0.145. The Kier molecular flexibility index (Phi) is 3.69. The van der Waals surface area contributed by atoms with Crippen LogP contribution in [-0.2, 0) is 4.79 Å². The van der Waals surface area contributed by atoms with Gasteiger partial charge in [0.1, 0.15) is 5.75 Å². The lowest BCUT2D eigenvalue weighted by atomic mass is 9.86. The average molecular weight is 277 g/mol. The van der Waals surface area contributed by atoms with Crippen molar-refractivity contribution in [3.8, 4) is 5.75 Å². The largest absolute Gasteiger partial charge is 0.497 e. The summed E-state index contributed by atoms with van der Waals surface area (Å²) in [5, 5.41) is 3.62. The van der Waals surface area contributed by atoms with E-state index in [1.807, 2.05) is 23.9 Å². The minimum atomic E-state index is 0.145. The Morgan fingerprint density at radius 2 is 2.16 bits per heavy atom. The number of fused-ring (bicyclic) bond motifs is 2. The lowest BCUT2D eigenvalue weighted by molar-refractivity contribution is -0.117. The molecular formula is C15H19NO2S. The molecule has 0 radical (unpaired) electrons. The molecule has 1 aliphatic carbocycles. The van der Waals surface area contributed by atoms with Crippen molar-refractivity contribution in [2.45, 2.75) is 42.2 Å². The number of carbonyl (C=O) groups is 1. The van der Waals surface area contributed by atoms with E-state index in [2.05, 4.69) is 11.4 Å². The van der Waals surface area contributed by atoms with Gasteiger partial charge in [-0.1, -0.05) is 12.8 Å². The zero-order valence-electron chi connectivity index (χ0n) is 11.1. The van der Waals surface area contributed by atoms with Gasteiger partial charge in [0.2, 0.25) is 5.91 Å². The van der Waals surface area contributed by atoms with Crippen molar-refractivity contribution < 1.29 is 9.53 Å².